The molecule has 0 fully saturated rings. The summed E-state index contributed by atoms with van der Waals surface area (Å²) in [5.41, 5.74) is 5.03. The van der Waals surface area contributed by atoms with Crippen LogP contribution in [0.2, 0.25) is 0 Å². The van der Waals surface area contributed by atoms with E-state index in [2.05, 4.69) is 4.99 Å². The Morgan fingerprint density at radius 2 is 2.71 bits per heavy atom. The highest BCUT2D eigenvalue weighted by Gasteiger charge is 2.08. The smallest absolute Gasteiger partial charge is 0.150 e. The molecule has 4 heteroatoms. The van der Waals surface area contributed by atoms with Gasteiger partial charge in [-0.2, -0.15) is 0 Å². The topological polar surface area (TPSA) is 62.2 Å². The zero-order valence-corrected chi connectivity index (χ0v) is 4.40. The maximum Gasteiger partial charge on any atom is 0.150 e. The monoisotopic (exact) mass is 115 g/mol. The summed E-state index contributed by atoms with van der Waals surface area (Å²) in [4.78, 5) is 3.71. The predicted octanol–water partition coefficient (Wildman–Crippen LogP) is 0.0236. The Bertz CT molecular complexity index is 119. The fourth-order valence-corrected chi connectivity index (χ4v) is 0.836. The minimum atomic E-state index is -0.215. The summed E-state index contributed by atoms with van der Waals surface area (Å²) in [6, 6.07) is 0. The maximum atomic E-state index is 6.91. The average molecular weight is 115 g/mol. The van der Waals surface area contributed by atoms with Crippen LogP contribution in [0.15, 0.2) is 4.99 Å². The van der Waals surface area contributed by atoms with E-state index in [0.29, 0.717) is 5.04 Å². The van der Waals surface area contributed by atoms with Gasteiger partial charge in [0.25, 0.3) is 0 Å². The minimum Gasteiger partial charge on any atom is -0.301 e. The molecule has 0 amide bonds. The molecule has 0 radical (unpaired) electrons. The van der Waals surface area contributed by atoms with Gasteiger partial charge < -0.3 is 5.73 Å². The van der Waals surface area contributed by atoms with Crippen molar-refractivity contribution in [3.8, 4) is 0 Å². The molecule has 1 rings (SSSR count). The van der Waals surface area contributed by atoms with E-state index in [4.69, 9.17) is 11.1 Å². The zero-order valence-electron chi connectivity index (χ0n) is 3.59. The highest BCUT2D eigenvalue weighted by Crippen LogP contribution is 2.12. The van der Waals surface area contributed by atoms with E-state index in [1.807, 2.05) is 0 Å². The van der Waals surface area contributed by atoms with E-state index < -0.39 is 0 Å². The highest BCUT2D eigenvalue weighted by atomic mass is 32.2. The minimum absolute atomic E-state index is 0.215. The van der Waals surface area contributed by atoms with Crippen molar-refractivity contribution in [1.29, 1.82) is 5.41 Å². The molecular formula is C3H5N3S. The molecule has 0 bridgehead atoms. The SMILES string of the molecule is N=C1C=NC(N)S1. The quantitative estimate of drug-likeness (QED) is 0.467. The molecule has 0 aromatic heterocycles. The van der Waals surface area contributed by atoms with Crippen LogP contribution in [-0.4, -0.2) is 16.8 Å². The Balaban J connectivity index is 2.58. The van der Waals surface area contributed by atoms with Crippen molar-refractivity contribution < 1.29 is 0 Å². The van der Waals surface area contributed by atoms with Crippen LogP contribution in [0.4, 0.5) is 0 Å². The van der Waals surface area contributed by atoms with Gasteiger partial charge in [-0.25, -0.2) is 0 Å². The third-order valence-electron chi connectivity index (χ3n) is 0.586. The zero-order chi connectivity index (χ0) is 5.28. The fourth-order valence-electron chi connectivity index (χ4n) is 0.332. The lowest BCUT2D eigenvalue weighted by Gasteiger charge is -1.89. The van der Waals surface area contributed by atoms with E-state index in [9.17, 15) is 0 Å². The molecule has 1 aliphatic heterocycles. The Morgan fingerprint density at radius 1 is 2.00 bits per heavy atom. The molecule has 0 aromatic rings. The van der Waals surface area contributed by atoms with Crippen molar-refractivity contribution in [1.82, 2.24) is 0 Å². The van der Waals surface area contributed by atoms with Gasteiger partial charge in [0.05, 0.1) is 6.21 Å². The van der Waals surface area contributed by atoms with Gasteiger partial charge in [0.2, 0.25) is 0 Å². The number of nitrogens with one attached hydrogen (secondary N) is 1. The van der Waals surface area contributed by atoms with E-state index in [-0.39, 0.29) is 5.50 Å². The molecule has 7 heavy (non-hydrogen) atoms. The number of thioether (sulfide) groups is 1. The third kappa shape index (κ3) is 1.01. The first-order valence-electron chi connectivity index (χ1n) is 1.83. The summed E-state index contributed by atoms with van der Waals surface area (Å²) in [5.74, 6) is 0. The Labute approximate surface area is 45.5 Å². The second kappa shape index (κ2) is 1.63. The first-order valence-corrected chi connectivity index (χ1v) is 2.71. The molecule has 1 aliphatic rings. The molecule has 0 spiro atoms. The van der Waals surface area contributed by atoms with Crippen molar-refractivity contribution in [2.75, 3.05) is 0 Å². The van der Waals surface area contributed by atoms with Crippen LogP contribution in [0.1, 0.15) is 0 Å². The van der Waals surface area contributed by atoms with Gasteiger partial charge in [-0.15, -0.1) is 0 Å². The lowest BCUT2D eigenvalue weighted by atomic mass is 10.8. The van der Waals surface area contributed by atoms with Crippen molar-refractivity contribution in [3.05, 3.63) is 0 Å². The molecule has 0 saturated heterocycles. The second-order valence-corrected chi connectivity index (χ2v) is 2.31. The van der Waals surface area contributed by atoms with E-state index >= 15 is 0 Å². The van der Waals surface area contributed by atoms with Crippen molar-refractivity contribution in [2.45, 2.75) is 5.50 Å². The van der Waals surface area contributed by atoms with Crippen molar-refractivity contribution in [2.24, 2.45) is 10.7 Å². The van der Waals surface area contributed by atoms with Crippen molar-refractivity contribution in [3.63, 3.8) is 0 Å². The molecule has 1 unspecified atom stereocenters. The number of hydrogen-bond acceptors (Lipinski definition) is 4. The highest BCUT2D eigenvalue weighted by molar-refractivity contribution is 8.16. The van der Waals surface area contributed by atoms with Gasteiger partial charge in [0.15, 0.2) is 0 Å². The molecule has 0 aromatic carbocycles. The van der Waals surface area contributed by atoms with Crippen LogP contribution < -0.4 is 5.73 Å². The number of hydrogen-bond donors (Lipinski definition) is 2. The summed E-state index contributed by atoms with van der Waals surface area (Å²) >= 11 is 1.26. The number of rotatable bonds is 0. The molecule has 1 heterocycles. The Kier molecular flexibility index (Phi) is 1.12. The van der Waals surface area contributed by atoms with Gasteiger partial charge in [0, 0.05) is 0 Å². The van der Waals surface area contributed by atoms with Crippen molar-refractivity contribution >= 4 is 23.0 Å². The van der Waals surface area contributed by atoms with E-state index in [1.54, 1.807) is 0 Å². The Hall–Kier alpha value is -0.350. The standard InChI is InChI=1S/C3H5N3S/c4-2-1-6-3(5)7-2/h1,3-4H,5H2. The summed E-state index contributed by atoms with van der Waals surface area (Å²) < 4.78 is 0. The van der Waals surface area contributed by atoms with Crippen LogP contribution in [0.5, 0.6) is 0 Å². The molecule has 3 nitrogen and oxygen atoms in total. The lowest BCUT2D eigenvalue weighted by Crippen LogP contribution is -2.07. The van der Waals surface area contributed by atoms with Crippen LogP contribution in [-0.2, 0) is 0 Å². The average Bonchev–Trinajstić information content (AvgIpc) is 1.87. The third-order valence-corrected chi connectivity index (χ3v) is 1.31. The van der Waals surface area contributed by atoms with Gasteiger partial charge >= 0.3 is 0 Å². The first-order chi connectivity index (χ1) is 3.29. The van der Waals surface area contributed by atoms with Crippen LogP contribution >= 0.6 is 11.8 Å². The molecule has 1 atom stereocenters. The number of nitrogens with two attached hydrogens (primary N) is 1. The lowest BCUT2D eigenvalue weighted by molar-refractivity contribution is 1.01. The van der Waals surface area contributed by atoms with Crippen LogP contribution in [0, 0.1) is 5.41 Å². The fraction of sp³-hybridized carbons (Fsp3) is 0.333. The summed E-state index contributed by atoms with van der Waals surface area (Å²) in [6.07, 6.45) is 1.47. The maximum absolute atomic E-state index is 6.91. The summed E-state index contributed by atoms with van der Waals surface area (Å²) in [5, 5.41) is 7.36. The predicted molar refractivity (Wildman–Crippen MR) is 31.8 cm³/mol. The molecule has 3 N–H and O–H groups in total. The molecule has 0 aliphatic carbocycles. The normalized spacial score (nSPS) is 29.3. The number of aliphatic imine (C=N–C) groups is 1. The largest absolute Gasteiger partial charge is 0.301 e. The second-order valence-electron chi connectivity index (χ2n) is 1.15. The Morgan fingerprint density at radius 3 is 2.86 bits per heavy atom. The van der Waals surface area contributed by atoms with Gasteiger partial charge in [-0.05, 0) is 0 Å². The summed E-state index contributed by atoms with van der Waals surface area (Å²) in [6.45, 7) is 0. The molecular weight excluding hydrogens is 110 g/mol. The van der Waals surface area contributed by atoms with Crippen LogP contribution in [0.25, 0.3) is 0 Å². The first kappa shape index (κ1) is 4.80. The molecule has 38 valence electrons. The van der Waals surface area contributed by atoms with E-state index in [0.717, 1.165) is 0 Å². The van der Waals surface area contributed by atoms with Gasteiger partial charge in [0.1, 0.15) is 10.5 Å². The summed E-state index contributed by atoms with van der Waals surface area (Å²) in [7, 11) is 0. The van der Waals surface area contributed by atoms with Gasteiger partial charge in [-0.1, -0.05) is 11.8 Å². The van der Waals surface area contributed by atoms with E-state index in [1.165, 1.54) is 18.0 Å². The van der Waals surface area contributed by atoms with Gasteiger partial charge in [-0.3, -0.25) is 10.4 Å². The number of nitrogens with zero attached hydrogens (tertiary/aromatic N) is 1. The van der Waals surface area contributed by atoms with Crippen LogP contribution in [0.3, 0.4) is 0 Å². The molecule has 0 saturated carbocycles.